The molecule has 5 heteroatoms. The van der Waals surface area contributed by atoms with Gasteiger partial charge in [-0.2, -0.15) is 4.31 Å². The Labute approximate surface area is 144 Å². The van der Waals surface area contributed by atoms with Gasteiger partial charge in [-0.3, -0.25) is 0 Å². The molecule has 0 bridgehead atoms. The summed E-state index contributed by atoms with van der Waals surface area (Å²) < 4.78 is 33.1. The summed E-state index contributed by atoms with van der Waals surface area (Å²) in [6.45, 7) is 5.06. The van der Waals surface area contributed by atoms with Crippen LogP contribution in [0.5, 0.6) is 5.75 Å². The molecule has 2 aromatic carbocycles. The average molecular weight is 345 g/mol. The summed E-state index contributed by atoms with van der Waals surface area (Å²) in [6, 6.07) is 14.7. The van der Waals surface area contributed by atoms with Gasteiger partial charge >= 0.3 is 0 Å². The molecule has 0 aromatic heterocycles. The van der Waals surface area contributed by atoms with Crippen LogP contribution in [0.2, 0.25) is 0 Å². The Morgan fingerprint density at radius 1 is 1.17 bits per heavy atom. The average Bonchev–Trinajstić information content (AvgIpc) is 3.06. The summed E-state index contributed by atoms with van der Waals surface area (Å²) in [6.07, 6.45) is 1.74. The molecule has 1 aliphatic heterocycles. The molecule has 0 N–H and O–H groups in total. The van der Waals surface area contributed by atoms with Crippen LogP contribution in [-0.4, -0.2) is 25.9 Å². The minimum atomic E-state index is -3.50. The minimum absolute atomic E-state index is 0.0820. The van der Waals surface area contributed by atoms with E-state index in [2.05, 4.69) is 6.07 Å². The van der Waals surface area contributed by atoms with Crippen LogP contribution in [0.25, 0.3) is 0 Å². The minimum Gasteiger partial charge on any atom is -0.494 e. The third-order valence-electron chi connectivity index (χ3n) is 4.37. The summed E-state index contributed by atoms with van der Waals surface area (Å²) >= 11 is 0. The van der Waals surface area contributed by atoms with Crippen LogP contribution in [0.15, 0.2) is 53.4 Å². The maximum Gasteiger partial charge on any atom is 0.243 e. The van der Waals surface area contributed by atoms with Crippen molar-refractivity contribution >= 4 is 10.0 Å². The van der Waals surface area contributed by atoms with Crippen LogP contribution >= 0.6 is 0 Å². The van der Waals surface area contributed by atoms with Gasteiger partial charge in [0.25, 0.3) is 0 Å². The summed E-state index contributed by atoms with van der Waals surface area (Å²) in [5, 5.41) is 0. The van der Waals surface area contributed by atoms with Crippen LogP contribution in [0.3, 0.4) is 0 Å². The predicted octanol–water partition coefficient (Wildman–Crippen LogP) is 3.92. The van der Waals surface area contributed by atoms with E-state index in [0.717, 1.165) is 24.0 Å². The molecule has 1 fully saturated rings. The molecule has 0 aliphatic carbocycles. The van der Waals surface area contributed by atoms with E-state index < -0.39 is 10.0 Å². The van der Waals surface area contributed by atoms with Gasteiger partial charge < -0.3 is 4.74 Å². The maximum atomic E-state index is 13.1. The van der Waals surface area contributed by atoms with Crippen molar-refractivity contribution in [1.29, 1.82) is 0 Å². The van der Waals surface area contributed by atoms with Crippen LogP contribution in [0.1, 0.15) is 36.9 Å². The molecule has 4 nitrogen and oxygen atoms in total. The number of benzene rings is 2. The first kappa shape index (κ1) is 17.0. The summed E-state index contributed by atoms with van der Waals surface area (Å²) in [5.41, 5.74) is 2.22. The third-order valence-corrected chi connectivity index (χ3v) is 6.29. The lowest BCUT2D eigenvalue weighted by Crippen LogP contribution is -2.30. The van der Waals surface area contributed by atoms with Crippen molar-refractivity contribution in [2.45, 2.75) is 37.6 Å². The first-order chi connectivity index (χ1) is 11.5. The van der Waals surface area contributed by atoms with E-state index in [1.807, 2.05) is 32.0 Å². The Bertz CT molecular complexity index is 800. The molecule has 1 unspecified atom stereocenters. The van der Waals surface area contributed by atoms with Crippen molar-refractivity contribution < 1.29 is 13.2 Å². The molecule has 128 valence electrons. The molecular formula is C19H23NO3S. The van der Waals surface area contributed by atoms with Crippen LogP contribution in [0, 0.1) is 6.92 Å². The monoisotopic (exact) mass is 345 g/mol. The fraction of sp³-hybridized carbons (Fsp3) is 0.368. The molecule has 1 atom stereocenters. The van der Waals surface area contributed by atoms with Crippen molar-refractivity contribution in [1.82, 2.24) is 4.31 Å². The number of rotatable bonds is 5. The van der Waals surface area contributed by atoms with Gasteiger partial charge in [0.2, 0.25) is 10.0 Å². The number of hydrogen-bond donors (Lipinski definition) is 0. The Morgan fingerprint density at radius 3 is 2.58 bits per heavy atom. The molecule has 1 saturated heterocycles. The molecule has 0 radical (unpaired) electrons. The highest BCUT2D eigenvalue weighted by atomic mass is 32.2. The molecule has 3 rings (SSSR count). The topological polar surface area (TPSA) is 46.6 Å². The number of ether oxygens (including phenoxy) is 1. The summed E-state index contributed by atoms with van der Waals surface area (Å²) in [5.74, 6) is 0.688. The Morgan fingerprint density at radius 2 is 1.92 bits per heavy atom. The number of hydrogen-bond acceptors (Lipinski definition) is 3. The van der Waals surface area contributed by atoms with E-state index in [4.69, 9.17) is 4.74 Å². The molecule has 2 aromatic rings. The maximum absolute atomic E-state index is 13.1. The molecule has 0 spiro atoms. The molecule has 1 heterocycles. The zero-order valence-corrected chi connectivity index (χ0v) is 14.9. The lowest BCUT2D eigenvalue weighted by molar-refractivity contribution is 0.340. The lowest BCUT2D eigenvalue weighted by atomic mass is 10.0. The third kappa shape index (κ3) is 3.32. The first-order valence-electron chi connectivity index (χ1n) is 8.33. The smallest absolute Gasteiger partial charge is 0.243 e. The van der Waals surface area contributed by atoms with Crippen LogP contribution in [0.4, 0.5) is 0 Å². The fourth-order valence-corrected chi connectivity index (χ4v) is 4.93. The van der Waals surface area contributed by atoms with Crippen molar-refractivity contribution in [3.8, 4) is 5.75 Å². The fourth-order valence-electron chi connectivity index (χ4n) is 3.25. The second-order valence-corrected chi connectivity index (χ2v) is 7.98. The van der Waals surface area contributed by atoms with E-state index in [1.54, 1.807) is 28.6 Å². The second-order valence-electron chi connectivity index (χ2n) is 6.09. The second kappa shape index (κ2) is 6.95. The molecular weight excluding hydrogens is 322 g/mol. The first-order valence-corrected chi connectivity index (χ1v) is 9.77. The quantitative estimate of drug-likeness (QED) is 0.825. The van der Waals surface area contributed by atoms with Gasteiger partial charge in [0, 0.05) is 6.54 Å². The van der Waals surface area contributed by atoms with Crippen molar-refractivity contribution in [3.05, 3.63) is 59.7 Å². The van der Waals surface area contributed by atoms with E-state index >= 15 is 0 Å². The number of sulfonamides is 1. The van der Waals surface area contributed by atoms with Gasteiger partial charge in [-0.1, -0.05) is 29.8 Å². The van der Waals surface area contributed by atoms with E-state index in [0.29, 0.717) is 23.8 Å². The normalized spacial score (nSPS) is 18.7. The number of nitrogens with zero attached hydrogens (tertiary/aromatic N) is 1. The SMILES string of the molecule is CCOc1ccc(S(=O)(=O)N2CCCC2c2cccc(C)c2)cc1. The van der Waals surface area contributed by atoms with Gasteiger partial charge in [-0.05, 0) is 56.5 Å². The highest BCUT2D eigenvalue weighted by Crippen LogP contribution is 2.37. The van der Waals surface area contributed by atoms with Gasteiger partial charge in [0.05, 0.1) is 17.5 Å². The van der Waals surface area contributed by atoms with Gasteiger partial charge in [-0.15, -0.1) is 0 Å². The van der Waals surface area contributed by atoms with Crippen molar-refractivity contribution in [2.75, 3.05) is 13.2 Å². The Balaban J connectivity index is 1.90. The zero-order chi connectivity index (χ0) is 17.2. The van der Waals surface area contributed by atoms with E-state index in [-0.39, 0.29) is 6.04 Å². The summed E-state index contributed by atoms with van der Waals surface area (Å²) in [4.78, 5) is 0.325. The van der Waals surface area contributed by atoms with Crippen molar-refractivity contribution in [3.63, 3.8) is 0 Å². The van der Waals surface area contributed by atoms with Crippen molar-refractivity contribution in [2.24, 2.45) is 0 Å². The highest BCUT2D eigenvalue weighted by Gasteiger charge is 2.36. The number of aryl methyl sites for hydroxylation is 1. The van der Waals surface area contributed by atoms with Gasteiger partial charge in [0.15, 0.2) is 0 Å². The van der Waals surface area contributed by atoms with E-state index in [9.17, 15) is 8.42 Å². The summed E-state index contributed by atoms with van der Waals surface area (Å²) in [7, 11) is -3.50. The standard InChI is InChI=1S/C19H23NO3S/c1-3-23-17-9-11-18(12-10-17)24(21,22)20-13-5-8-19(20)16-7-4-6-15(2)14-16/h4,6-7,9-12,14,19H,3,5,8,13H2,1-2H3. The molecule has 0 saturated carbocycles. The lowest BCUT2D eigenvalue weighted by Gasteiger charge is -2.25. The largest absolute Gasteiger partial charge is 0.494 e. The van der Waals surface area contributed by atoms with Crippen LogP contribution in [-0.2, 0) is 10.0 Å². The van der Waals surface area contributed by atoms with Gasteiger partial charge in [-0.25, -0.2) is 8.42 Å². The van der Waals surface area contributed by atoms with E-state index in [1.165, 1.54) is 0 Å². The Hall–Kier alpha value is -1.85. The zero-order valence-electron chi connectivity index (χ0n) is 14.1. The molecule has 1 aliphatic rings. The predicted molar refractivity (Wildman–Crippen MR) is 94.7 cm³/mol. The molecule has 0 amide bonds. The highest BCUT2D eigenvalue weighted by molar-refractivity contribution is 7.89. The molecule has 24 heavy (non-hydrogen) atoms. The van der Waals surface area contributed by atoms with Gasteiger partial charge in [0.1, 0.15) is 5.75 Å². The Kier molecular flexibility index (Phi) is 4.92. The van der Waals surface area contributed by atoms with Crippen LogP contribution < -0.4 is 4.74 Å².